The zero-order valence-corrected chi connectivity index (χ0v) is 20.1. The van der Waals surface area contributed by atoms with Crippen molar-refractivity contribution in [1.82, 2.24) is 10.3 Å². The highest BCUT2D eigenvalue weighted by atomic mass is 16.5. The molecule has 2 fully saturated rings. The number of carbonyl (C=O) groups is 3. The Morgan fingerprint density at radius 3 is 2.69 bits per heavy atom. The van der Waals surface area contributed by atoms with Crippen LogP contribution in [0.5, 0.6) is 11.6 Å². The number of pyridine rings is 1. The molecule has 4 rings (SSSR count). The second-order valence-corrected chi connectivity index (χ2v) is 9.31. The largest absolute Gasteiger partial charge is 0.496 e. The van der Waals surface area contributed by atoms with Crippen molar-refractivity contribution in [2.24, 2.45) is 23.5 Å². The van der Waals surface area contributed by atoms with E-state index in [1.165, 1.54) is 7.11 Å². The first-order valence-electron chi connectivity index (χ1n) is 12.1. The van der Waals surface area contributed by atoms with Crippen LogP contribution in [0, 0.1) is 29.6 Å². The fourth-order valence-electron chi connectivity index (χ4n) is 4.94. The smallest absolute Gasteiger partial charge is 0.252 e. The molecule has 1 aliphatic carbocycles. The minimum absolute atomic E-state index is 0.0313. The molecule has 3 N–H and O–H groups in total. The van der Waals surface area contributed by atoms with Gasteiger partial charge in [0, 0.05) is 35.2 Å². The molecule has 2 aliphatic rings. The first-order valence-corrected chi connectivity index (χ1v) is 12.1. The van der Waals surface area contributed by atoms with Crippen LogP contribution in [0.1, 0.15) is 61.4 Å². The number of fused-ring (bicyclic) bond motifs is 1. The minimum Gasteiger partial charge on any atom is -0.496 e. The third kappa shape index (κ3) is 5.40. The lowest BCUT2D eigenvalue weighted by molar-refractivity contribution is -0.119. The highest BCUT2D eigenvalue weighted by Gasteiger charge is 2.31. The van der Waals surface area contributed by atoms with Gasteiger partial charge in [-0.3, -0.25) is 9.59 Å². The monoisotopic (exact) mass is 477 g/mol. The molecule has 2 heterocycles. The van der Waals surface area contributed by atoms with E-state index in [4.69, 9.17) is 15.2 Å². The summed E-state index contributed by atoms with van der Waals surface area (Å²) in [6, 6.07) is 3.28. The zero-order valence-electron chi connectivity index (χ0n) is 20.1. The molecule has 1 aromatic heterocycles. The van der Waals surface area contributed by atoms with E-state index in [9.17, 15) is 14.4 Å². The van der Waals surface area contributed by atoms with Crippen molar-refractivity contribution in [3.05, 3.63) is 29.5 Å². The van der Waals surface area contributed by atoms with Crippen LogP contribution in [0.4, 0.5) is 0 Å². The second kappa shape index (κ2) is 10.8. The predicted octanol–water partition coefficient (Wildman–Crippen LogP) is 2.99. The van der Waals surface area contributed by atoms with Gasteiger partial charge in [-0.2, -0.15) is 0 Å². The number of ether oxygens (including phenoxy) is 2. The van der Waals surface area contributed by atoms with E-state index in [1.807, 2.05) is 0 Å². The number of primary amides is 1. The van der Waals surface area contributed by atoms with Gasteiger partial charge >= 0.3 is 0 Å². The summed E-state index contributed by atoms with van der Waals surface area (Å²) in [7, 11) is 1.47. The standard InChI is InChI=1S/C27H31N3O5/c1-3-18-10-25(32)30-23(18)15-35-27-21-12-24(34-2)22(26(28)33)11-20(21)19(13-29-27)9-8-16-4-6-17(14-31)7-5-16/h11-14,16-18,23H,3-7,10,15H2,1-2H3,(H2,28,33)(H,30,32)/t16-,17-,18-,23-/m1/s1. The summed E-state index contributed by atoms with van der Waals surface area (Å²) in [6.07, 6.45) is 7.53. The Bertz CT molecular complexity index is 1190. The second-order valence-electron chi connectivity index (χ2n) is 9.31. The Labute approximate surface area is 204 Å². The van der Waals surface area contributed by atoms with Gasteiger partial charge in [-0.15, -0.1) is 0 Å². The Morgan fingerprint density at radius 2 is 2.03 bits per heavy atom. The van der Waals surface area contributed by atoms with Crippen LogP contribution in [0.25, 0.3) is 10.8 Å². The number of nitrogens with one attached hydrogen (secondary N) is 1. The van der Waals surface area contributed by atoms with E-state index in [-0.39, 0.29) is 41.9 Å². The number of benzene rings is 1. The van der Waals surface area contributed by atoms with Crippen LogP contribution in [-0.2, 0) is 9.59 Å². The molecule has 0 unspecified atom stereocenters. The SMILES string of the molecule is CC[C@@H]1CC(=O)N[C@@H]1COc1ncc(C#C[C@H]2CC[C@H](C=O)CC2)c2cc(C(N)=O)c(OC)cc12. The third-order valence-electron chi connectivity index (χ3n) is 7.10. The zero-order chi connectivity index (χ0) is 24.9. The number of nitrogens with zero attached hydrogens (tertiary/aromatic N) is 1. The number of rotatable bonds is 7. The van der Waals surface area contributed by atoms with Gasteiger partial charge in [0.25, 0.3) is 5.91 Å². The average Bonchev–Trinajstić information content (AvgIpc) is 3.25. The van der Waals surface area contributed by atoms with Crippen LogP contribution in [0.15, 0.2) is 18.3 Å². The molecule has 1 saturated heterocycles. The molecule has 35 heavy (non-hydrogen) atoms. The van der Waals surface area contributed by atoms with Gasteiger partial charge in [0.1, 0.15) is 18.6 Å². The summed E-state index contributed by atoms with van der Waals surface area (Å²) in [5.74, 6) is 7.25. The van der Waals surface area contributed by atoms with Crippen LogP contribution in [0.2, 0.25) is 0 Å². The van der Waals surface area contributed by atoms with Crippen molar-refractivity contribution in [2.45, 2.75) is 51.5 Å². The first-order chi connectivity index (χ1) is 16.9. The van der Waals surface area contributed by atoms with E-state index >= 15 is 0 Å². The van der Waals surface area contributed by atoms with Crippen LogP contribution in [-0.4, -0.2) is 42.8 Å². The molecule has 1 aliphatic heterocycles. The number of hydrogen-bond acceptors (Lipinski definition) is 6. The van der Waals surface area contributed by atoms with Crippen LogP contribution < -0.4 is 20.5 Å². The van der Waals surface area contributed by atoms with Gasteiger partial charge in [-0.05, 0) is 43.7 Å². The summed E-state index contributed by atoms with van der Waals surface area (Å²) in [6.45, 7) is 2.35. The van der Waals surface area contributed by atoms with Gasteiger partial charge in [0.2, 0.25) is 11.8 Å². The minimum atomic E-state index is -0.603. The fraction of sp³-hybridized carbons (Fsp3) is 0.481. The van der Waals surface area contributed by atoms with Gasteiger partial charge in [-0.25, -0.2) is 4.98 Å². The highest BCUT2D eigenvalue weighted by molar-refractivity contribution is 6.03. The van der Waals surface area contributed by atoms with Crippen LogP contribution in [0.3, 0.4) is 0 Å². The molecule has 0 bridgehead atoms. The maximum Gasteiger partial charge on any atom is 0.252 e. The number of amides is 2. The molecule has 1 aromatic carbocycles. The number of aldehydes is 1. The quantitative estimate of drug-likeness (QED) is 0.467. The Kier molecular flexibility index (Phi) is 7.54. The molecule has 2 aromatic rings. The van der Waals surface area contributed by atoms with Gasteiger partial charge in [0.15, 0.2) is 0 Å². The van der Waals surface area contributed by atoms with Crippen LogP contribution >= 0.6 is 0 Å². The van der Waals surface area contributed by atoms with Crippen molar-refractivity contribution < 1.29 is 23.9 Å². The van der Waals surface area contributed by atoms with Gasteiger partial charge in [0.05, 0.1) is 24.3 Å². The molecular formula is C27H31N3O5. The van der Waals surface area contributed by atoms with Crippen molar-refractivity contribution in [2.75, 3.05) is 13.7 Å². The van der Waals surface area contributed by atoms with Crippen molar-refractivity contribution in [3.8, 4) is 23.5 Å². The number of hydrogen-bond donors (Lipinski definition) is 2. The van der Waals surface area contributed by atoms with E-state index in [2.05, 4.69) is 29.1 Å². The number of methoxy groups -OCH3 is 1. The summed E-state index contributed by atoms with van der Waals surface area (Å²) in [5, 5.41) is 4.32. The maximum atomic E-state index is 12.1. The van der Waals surface area contributed by atoms with Gasteiger partial charge in [-0.1, -0.05) is 25.2 Å². The number of nitrogens with two attached hydrogens (primary N) is 1. The summed E-state index contributed by atoms with van der Waals surface area (Å²) in [5.41, 5.74) is 6.51. The van der Waals surface area contributed by atoms with Crippen molar-refractivity contribution in [3.63, 3.8) is 0 Å². The molecule has 2 atom stereocenters. The Balaban J connectivity index is 1.67. The van der Waals surface area contributed by atoms with Crippen molar-refractivity contribution >= 4 is 28.9 Å². The summed E-state index contributed by atoms with van der Waals surface area (Å²) >= 11 is 0. The molecule has 2 amide bonds. The van der Waals surface area contributed by atoms with E-state index < -0.39 is 5.91 Å². The van der Waals surface area contributed by atoms with E-state index in [0.29, 0.717) is 34.4 Å². The summed E-state index contributed by atoms with van der Waals surface area (Å²) < 4.78 is 11.5. The Hall–Kier alpha value is -3.60. The highest BCUT2D eigenvalue weighted by Crippen LogP contribution is 2.34. The van der Waals surface area contributed by atoms with E-state index in [0.717, 1.165) is 38.4 Å². The molecule has 0 radical (unpaired) electrons. The van der Waals surface area contributed by atoms with Gasteiger partial charge < -0.3 is 25.3 Å². The lowest BCUT2D eigenvalue weighted by Crippen LogP contribution is -2.34. The first kappa shape index (κ1) is 24.5. The maximum absolute atomic E-state index is 12.1. The summed E-state index contributed by atoms with van der Waals surface area (Å²) in [4.78, 5) is 39.5. The topological polar surface area (TPSA) is 121 Å². The molecule has 8 heteroatoms. The molecule has 1 saturated carbocycles. The average molecular weight is 478 g/mol. The molecular weight excluding hydrogens is 446 g/mol. The molecule has 0 spiro atoms. The number of carbonyl (C=O) groups excluding carboxylic acids is 3. The lowest BCUT2D eigenvalue weighted by atomic mass is 9.83. The third-order valence-corrected chi connectivity index (χ3v) is 7.10. The number of aromatic nitrogens is 1. The lowest BCUT2D eigenvalue weighted by Gasteiger charge is -2.21. The van der Waals surface area contributed by atoms with Crippen molar-refractivity contribution in [1.29, 1.82) is 0 Å². The normalized spacial score (nSPS) is 23.8. The molecule has 8 nitrogen and oxygen atoms in total. The van der Waals surface area contributed by atoms with E-state index in [1.54, 1.807) is 18.3 Å². The Morgan fingerprint density at radius 1 is 1.26 bits per heavy atom. The molecule has 184 valence electrons. The fourth-order valence-corrected chi connectivity index (χ4v) is 4.94. The predicted molar refractivity (Wildman–Crippen MR) is 131 cm³/mol.